The van der Waals surface area contributed by atoms with Gasteiger partial charge in [0.1, 0.15) is 0 Å². The van der Waals surface area contributed by atoms with Gasteiger partial charge in [-0.2, -0.15) is 0 Å². The fourth-order valence-electron chi connectivity index (χ4n) is 2.33. The highest BCUT2D eigenvalue weighted by molar-refractivity contribution is 5.78. The number of rotatable bonds is 4. The van der Waals surface area contributed by atoms with E-state index in [1.54, 1.807) is 6.20 Å². The van der Waals surface area contributed by atoms with E-state index in [4.69, 9.17) is 0 Å². The molecule has 19 heavy (non-hydrogen) atoms. The normalized spacial score (nSPS) is 27.4. The number of nitrogens with one attached hydrogen (secondary N) is 1. The minimum Gasteiger partial charge on any atom is -0.389 e. The van der Waals surface area contributed by atoms with Crippen LogP contribution in [0.5, 0.6) is 0 Å². The van der Waals surface area contributed by atoms with Crippen LogP contribution in [-0.2, 0) is 11.3 Å². The molecule has 0 aliphatic carbocycles. The monoisotopic (exact) mass is 263 g/mol. The van der Waals surface area contributed by atoms with Gasteiger partial charge in [0.2, 0.25) is 5.91 Å². The van der Waals surface area contributed by atoms with Gasteiger partial charge in [0.05, 0.1) is 24.4 Å². The summed E-state index contributed by atoms with van der Waals surface area (Å²) in [6, 6.07) is 5.62. The molecule has 1 aromatic rings. The van der Waals surface area contributed by atoms with Gasteiger partial charge < -0.3 is 10.4 Å². The predicted molar refractivity (Wildman–Crippen MR) is 72.3 cm³/mol. The first-order valence-corrected chi connectivity index (χ1v) is 6.59. The summed E-state index contributed by atoms with van der Waals surface area (Å²) >= 11 is 0. The molecule has 1 aromatic heterocycles. The Morgan fingerprint density at radius 1 is 1.63 bits per heavy atom. The summed E-state index contributed by atoms with van der Waals surface area (Å²) in [6.07, 6.45) is 1.71. The van der Waals surface area contributed by atoms with E-state index in [1.165, 1.54) is 0 Å². The largest absolute Gasteiger partial charge is 0.389 e. The van der Waals surface area contributed by atoms with Gasteiger partial charge in [-0.05, 0) is 25.0 Å². The zero-order chi connectivity index (χ0) is 13.9. The Bertz CT molecular complexity index is 434. The zero-order valence-electron chi connectivity index (χ0n) is 11.5. The number of nitrogens with zero attached hydrogens (tertiary/aromatic N) is 2. The molecule has 1 saturated heterocycles. The molecule has 0 spiro atoms. The first-order chi connectivity index (χ1) is 8.97. The van der Waals surface area contributed by atoms with Gasteiger partial charge in [-0.3, -0.25) is 14.7 Å². The van der Waals surface area contributed by atoms with Crippen LogP contribution in [0, 0.1) is 5.92 Å². The molecule has 1 fully saturated rings. The molecule has 1 aliphatic heterocycles. The molecule has 0 aromatic carbocycles. The highest BCUT2D eigenvalue weighted by Crippen LogP contribution is 2.26. The van der Waals surface area contributed by atoms with Crippen LogP contribution in [0.1, 0.15) is 19.5 Å². The number of likely N-dealkylation sites (tertiary alicyclic amines) is 1. The fourth-order valence-corrected chi connectivity index (χ4v) is 2.33. The number of amides is 1. The van der Waals surface area contributed by atoms with Crippen molar-refractivity contribution in [3.05, 3.63) is 30.1 Å². The Balaban J connectivity index is 1.77. The Morgan fingerprint density at radius 2 is 2.42 bits per heavy atom. The second-order valence-electron chi connectivity index (χ2n) is 5.53. The van der Waals surface area contributed by atoms with E-state index in [0.717, 1.165) is 12.2 Å². The van der Waals surface area contributed by atoms with Gasteiger partial charge in [0.25, 0.3) is 0 Å². The molecule has 1 aliphatic rings. The van der Waals surface area contributed by atoms with Crippen molar-refractivity contribution in [2.45, 2.75) is 26.0 Å². The lowest BCUT2D eigenvalue weighted by molar-refractivity contribution is -0.122. The van der Waals surface area contributed by atoms with Gasteiger partial charge in [0, 0.05) is 19.3 Å². The molecule has 2 heterocycles. The van der Waals surface area contributed by atoms with Crippen molar-refractivity contribution in [1.82, 2.24) is 15.2 Å². The van der Waals surface area contributed by atoms with E-state index in [1.807, 2.05) is 36.9 Å². The molecule has 0 unspecified atom stereocenters. The Kier molecular flexibility index (Phi) is 4.17. The van der Waals surface area contributed by atoms with Crippen molar-refractivity contribution in [1.29, 1.82) is 0 Å². The van der Waals surface area contributed by atoms with Crippen LogP contribution in [0.2, 0.25) is 0 Å². The molecule has 0 radical (unpaired) electrons. The molecule has 2 N–H and O–H groups in total. The lowest BCUT2D eigenvalue weighted by Crippen LogP contribution is -2.38. The lowest BCUT2D eigenvalue weighted by Gasteiger charge is -2.20. The van der Waals surface area contributed by atoms with Gasteiger partial charge >= 0.3 is 0 Å². The van der Waals surface area contributed by atoms with Gasteiger partial charge in [0.15, 0.2) is 0 Å². The molecule has 5 heteroatoms. The Morgan fingerprint density at radius 3 is 3.00 bits per heavy atom. The number of aromatic nitrogens is 1. The highest BCUT2D eigenvalue weighted by atomic mass is 16.3. The summed E-state index contributed by atoms with van der Waals surface area (Å²) in [6.45, 7) is 5.90. The molecular formula is C14H21N3O2. The average Bonchev–Trinajstić information content (AvgIpc) is 2.61. The van der Waals surface area contributed by atoms with Gasteiger partial charge in [-0.25, -0.2) is 0 Å². The SMILES string of the molecule is C[C@@H]1CN(CC(=O)NCc2ccccn2)C[C@]1(C)O. The number of carbonyl (C=O) groups is 1. The third-order valence-electron chi connectivity index (χ3n) is 3.70. The number of carbonyl (C=O) groups excluding carboxylic acids is 1. The maximum Gasteiger partial charge on any atom is 0.234 e. The molecule has 2 rings (SSSR count). The Labute approximate surface area is 113 Å². The topological polar surface area (TPSA) is 65.5 Å². The molecular weight excluding hydrogens is 242 g/mol. The second-order valence-corrected chi connectivity index (χ2v) is 5.53. The Hall–Kier alpha value is -1.46. The maximum absolute atomic E-state index is 11.8. The van der Waals surface area contributed by atoms with Crippen molar-refractivity contribution in [2.24, 2.45) is 5.92 Å². The van der Waals surface area contributed by atoms with Crippen LogP contribution < -0.4 is 5.32 Å². The van der Waals surface area contributed by atoms with E-state index < -0.39 is 5.60 Å². The third-order valence-corrected chi connectivity index (χ3v) is 3.70. The van der Waals surface area contributed by atoms with Crippen molar-refractivity contribution < 1.29 is 9.90 Å². The first kappa shape index (κ1) is 14.0. The van der Waals surface area contributed by atoms with Crippen molar-refractivity contribution in [3.63, 3.8) is 0 Å². The fraction of sp³-hybridized carbons (Fsp3) is 0.571. The first-order valence-electron chi connectivity index (χ1n) is 6.59. The van der Waals surface area contributed by atoms with E-state index in [2.05, 4.69) is 10.3 Å². The third kappa shape index (κ3) is 3.75. The van der Waals surface area contributed by atoms with Crippen LogP contribution in [0.15, 0.2) is 24.4 Å². The number of β-amino-alcohol motifs (C(OH)–C–C–N with tert-alkyl or cyclic N) is 1. The van der Waals surface area contributed by atoms with Crippen LogP contribution in [0.25, 0.3) is 0 Å². The van der Waals surface area contributed by atoms with Crippen molar-refractivity contribution in [3.8, 4) is 0 Å². The predicted octanol–water partition coefficient (Wildman–Crippen LogP) is 0.400. The number of pyridine rings is 1. The second kappa shape index (κ2) is 5.67. The highest BCUT2D eigenvalue weighted by Gasteiger charge is 2.38. The summed E-state index contributed by atoms with van der Waals surface area (Å²) in [5.74, 6) is 0.159. The molecule has 1 amide bonds. The standard InChI is InChI=1S/C14H21N3O2/c1-11-8-17(10-14(11,2)19)9-13(18)16-7-12-5-3-4-6-15-12/h3-6,11,19H,7-10H2,1-2H3,(H,16,18)/t11-,14+/m1/s1. The van der Waals surface area contributed by atoms with E-state index in [9.17, 15) is 9.90 Å². The lowest BCUT2D eigenvalue weighted by atomic mass is 9.95. The summed E-state index contributed by atoms with van der Waals surface area (Å²) < 4.78 is 0. The smallest absolute Gasteiger partial charge is 0.234 e. The van der Waals surface area contributed by atoms with Gasteiger partial charge in [-0.15, -0.1) is 0 Å². The van der Waals surface area contributed by atoms with Crippen molar-refractivity contribution in [2.75, 3.05) is 19.6 Å². The number of hydrogen-bond acceptors (Lipinski definition) is 4. The molecule has 104 valence electrons. The molecule has 0 saturated carbocycles. The summed E-state index contributed by atoms with van der Waals surface area (Å²) in [5, 5.41) is 12.9. The summed E-state index contributed by atoms with van der Waals surface area (Å²) in [7, 11) is 0. The van der Waals surface area contributed by atoms with Crippen LogP contribution in [0.3, 0.4) is 0 Å². The zero-order valence-corrected chi connectivity index (χ0v) is 11.5. The number of hydrogen-bond donors (Lipinski definition) is 2. The van der Waals surface area contributed by atoms with Crippen LogP contribution >= 0.6 is 0 Å². The minimum atomic E-state index is -0.693. The van der Waals surface area contributed by atoms with E-state index >= 15 is 0 Å². The molecule has 2 atom stereocenters. The van der Waals surface area contributed by atoms with Crippen LogP contribution in [0.4, 0.5) is 0 Å². The molecule has 5 nitrogen and oxygen atoms in total. The van der Waals surface area contributed by atoms with Gasteiger partial charge in [-0.1, -0.05) is 13.0 Å². The van der Waals surface area contributed by atoms with E-state index in [0.29, 0.717) is 19.6 Å². The molecule has 0 bridgehead atoms. The van der Waals surface area contributed by atoms with Crippen molar-refractivity contribution >= 4 is 5.91 Å². The minimum absolute atomic E-state index is 0.0319. The maximum atomic E-state index is 11.8. The summed E-state index contributed by atoms with van der Waals surface area (Å²) in [4.78, 5) is 18.0. The summed E-state index contributed by atoms with van der Waals surface area (Å²) in [5.41, 5.74) is 0.152. The quantitative estimate of drug-likeness (QED) is 0.825. The average molecular weight is 263 g/mol. The van der Waals surface area contributed by atoms with Crippen LogP contribution in [-0.4, -0.2) is 46.1 Å². The number of aliphatic hydroxyl groups is 1. The van der Waals surface area contributed by atoms with E-state index in [-0.39, 0.29) is 11.8 Å².